The monoisotopic (exact) mass is 306 g/mol. The summed E-state index contributed by atoms with van der Waals surface area (Å²) < 4.78 is 5.18. The second-order valence-corrected chi connectivity index (χ2v) is 6.57. The number of nitrogens with one attached hydrogen (secondary N) is 2. The Morgan fingerprint density at radius 1 is 1.57 bits per heavy atom. The van der Waals surface area contributed by atoms with E-state index in [0.29, 0.717) is 5.89 Å². The summed E-state index contributed by atoms with van der Waals surface area (Å²) in [6, 6.07) is 4.08. The maximum atomic E-state index is 12.2. The Balaban J connectivity index is 1.65. The fourth-order valence-electron chi connectivity index (χ4n) is 2.38. The summed E-state index contributed by atoms with van der Waals surface area (Å²) in [5.74, 6) is 0.289. The van der Waals surface area contributed by atoms with Gasteiger partial charge < -0.3 is 15.2 Å². The van der Waals surface area contributed by atoms with Crippen molar-refractivity contribution in [1.82, 2.24) is 20.8 Å². The number of carbonyl (C=O) groups is 1. The van der Waals surface area contributed by atoms with Crippen molar-refractivity contribution < 1.29 is 9.32 Å². The van der Waals surface area contributed by atoms with E-state index >= 15 is 0 Å². The van der Waals surface area contributed by atoms with Gasteiger partial charge in [0.2, 0.25) is 5.89 Å². The highest BCUT2D eigenvalue weighted by Gasteiger charge is 2.25. The third-order valence-electron chi connectivity index (χ3n) is 3.54. The first-order valence-electron chi connectivity index (χ1n) is 7.07. The van der Waals surface area contributed by atoms with Gasteiger partial charge in [-0.1, -0.05) is 5.16 Å². The van der Waals surface area contributed by atoms with E-state index < -0.39 is 0 Å². The molecule has 2 atom stereocenters. The molecule has 112 valence electrons. The normalized spacial score (nSPS) is 19.6. The van der Waals surface area contributed by atoms with Crippen LogP contribution < -0.4 is 10.6 Å². The van der Waals surface area contributed by atoms with Crippen molar-refractivity contribution in [3.8, 4) is 0 Å². The van der Waals surface area contributed by atoms with E-state index in [2.05, 4.69) is 20.8 Å². The van der Waals surface area contributed by atoms with Gasteiger partial charge in [-0.05, 0) is 45.4 Å². The summed E-state index contributed by atoms with van der Waals surface area (Å²) in [5.41, 5.74) is 0. The highest BCUT2D eigenvalue weighted by Crippen LogP contribution is 2.23. The lowest BCUT2D eigenvalue weighted by molar-refractivity contribution is 0.0927. The molecule has 1 aliphatic heterocycles. The number of hydrogen-bond acceptors (Lipinski definition) is 6. The molecule has 1 saturated heterocycles. The minimum atomic E-state index is -0.304. The van der Waals surface area contributed by atoms with E-state index in [-0.39, 0.29) is 23.8 Å². The van der Waals surface area contributed by atoms with Crippen LogP contribution in [0.3, 0.4) is 0 Å². The third kappa shape index (κ3) is 3.14. The largest absolute Gasteiger partial charge is 0.342 e. The molecule has 1 amide bonds. The number of nitrogens with zero attached hydrogens (tertiary/aromatic N) is 2. The van der Waals surface area contributed by atoms with Gasteiger partial charge in [-0.3, -0.25) is 4.79 Å². The predicted octanol–water partition coefficient (Wildman–Crippen LogP) is 2.36. The highest BCUT2D eigenvalue weighted by atomic mass is 32.1. The van der Waals surface area contributed by atoms with Gasteiger partial charge >= 0.3 is 0 Å². The molecular weight excluding hydrogens is 288 g/mol. The average molecular weight is 306 g/mol. The van der Waals surface area contributed by atoms with E-state index in [1.54, 1.807) is 11.3 Å². The van der Waals surface area contributed by atoms with Crippen LogP contribution in [0.25, 0.3) is 0 Å². The van der Waals surface area contributed by atoms with Crippen molar-refractivity contribution in [2.45, 2.75) is 38.8 Å². The van der Waals surface area contributed by atoms with Crippen molar-refractivity contribution in [3.05, 3.63) is 33.6 Å². The van der Waals surface area contributed by atoms with Crippen LogP contribution in [0.2, 0.25) is 0 Å². The molecule has 0 saturated carbocycles. The van der Waals surface area contributed by atoms with Crippen molar-refractivity contribution in [1.29, 1.82) is 0 Å². The summed E-state index contributed by atoms with van der Waals surface area (Å²) in [6.45, 7) is 4.94. The van der Waals surface area contributed by atoms with Crippen molar-refractivity contribution >= 4 is 17.2 Å². The van der Waals surface area contributed by atoms with Gasteiger partial charge in [0.1, 0.15) is 0 Å². The first-order chi connectivity index (χ1) is 10.1. The van der Waals surface area contributed by atoms with Crippen LogP contribution in [0.1, 0.15) is 58.1 Å². The van der Waals surface area contributed by atoms with Gasteiger partial charge in [-0.2, -0.15) is 4.98 Å². The van der Waals surface area contributed by atoms with Crippen LogP contribution in [0.4, 0.5) is 0 Å². The molecule has 2 aromatic heterocycles. The molecule has 0 radical (unpaired) electrons. The van der Waals surface area contributed by atoms with Gasteiger partial charge in [0.15, 0.2) is 0 Å². The summed E-state index contributed by atoms with van der Waals surface area (Å²) in [5, 5.41) is 9.94. The second kappa shape index (κ2) is 5.95. The Morgan fingerprint density at radius 2 is 2.43 bits per heavy atom. The molecule has 2 unspecified atom stereocenters. The second-order valence-electron chi connectivity index (χ2n) is 5.25. The fraction of sp³-hybridized carbons (Fsp3) is 0.500. The number of aryl methyl sites for hydroxylation is 1. The van der Waals surface area contributed by atoms with Gasteiger partial charge in [-0.15, -0.1) is 11.3 Å². The van der Waals surface area contributed by atoms with Gasteiger partial charge in [0, 0.05) is 9.75 Å². The van der Waals surface area contributed by atoms with Crippen LogP contribution in [0, 0.1) is 6.92 Å². The molecule has 0 bridgehead atoms. The van der Waals surface area contributed by atoms with Crippen LogP contribution in [-0.2, 0) is 0 Å². The lowest BCUT2D eigenvalue weighted by Crippen LogP contribution is -2.27. The minimum Gasteiger partial charge on any atom is -0.342 e. The molecule has 21 heavy (non-hydrogen) atoms. The topological polar surface area (TPSA) is 80.0 Å². The lowest BCUT2D eigenvalue weighted by atomic mass is 10.2. The third-order valence-corrected chi connectivity index (χ3v) is 4.72. The van der Waals surface area contributed by atoms with Gasteiger partial charge in [0.05, 0.1) is 12.1 Å². The first kappa shape index (κ1) is 14.2. The smallest absolute Gasteiger partial charge is 0.293 e. The molecular formula is C14H18N4O2S. The Morgan fingerprint density at radius 3 is 3.10 bits per heavy atom. The van der Waals surface area contributed by atoms with E-state index in [4.69, 9.17) is 4.52 Å². The Labute approximate surface area is 126 Å². The van der Waals surface area contributed by atoms with E-state index in [1.165, 1.54) is 4.88 Å². The standard InChI is InChI=1S/C14H18N4O2S/c1-8-5-6-11(21-8)9(2)16-13(19)12-17-14(20-18-12)10-4-3-7-15-10/h5-6,9-10,15H,3-4,7H2,1-2H3,(H,16,19). The van der Waals surface area contributed by atoms with E-state index in [1.807, 2.05) is 26.0 Å². The van der Waals surface area contributed by atoms with Crippen LogP contribution >= 0.6 is 11.3 Å². The molecule has 0 aliphatic carbocycles. The Hall–Kier alpha value is -1.73. The lowest BCUT2D eigenvalue weighted by Gasteiger charge is -2.09. The van der Waals surface area contributed by atoms with Gasteiger partial charge in [-0.25, -0.2) is 0 Å². The number of amides is 1. The number of carbonyl (C=O) groups excluding carboxylic acids is 1. The molecule has 3 rings (SSSR count). The Bertz CT molecular complexity index is 630. The molecule has 1 aliphatic rings. The molecule has 7 heteroatoms. The fourth-order valence-corrected chi connectivity index (χ4v) is 3.26. The molecule has 6 nitrogen and oxygen atoms in total. The summed E-state index contributed by atoms with van der Waals surface area (Å²) in [6.07, 6.45) is 2.05. The average Bonchev–Trinajstić information content (AvgIpc) is 3.19. The molecule has 0 aromatic carbocycles. The van der Waals surface area contributed by atoms with Crippen molar-refractivity contribution in [2.75, 3.05) is 6.54 Å². The maximum absolute atomic E-state index is 12.2. The number of hydrogen-bond donors (Lipinski definition) is 2. The van der Waals surface area contributed by atoms with Crippen molar-refractivity contribution in [2.24, 2.45) is 0 Å². The highest BCUT2D eigenvalue weighted by molar-refractivity contribution is 7.12. The zero-order valence-electron chi connectivity index (χ0n) is 12.0. The zero-order valence-corrected chi connectivity index (χ0v) is 12.9. The van der Waals surface area contributed by atoms with Crippen LogP contribution in [0.15, 0.2) is 16.7 Å². The molecule has 0 spiro atoms. The zero-order chi connectivity index (χ0) is 14.8. The molecule has 2 aromatic rings. The van der Waals surface area contributed by atoms with Crippen LogP contribution in [0.5, 0.6) is 0 Å². The van der Waals surface area contributed by atoms with Crippen LogP contribution in [-0.4, -0.2) is 22.6 Å². The minimum absolute atomic E-state index is 0.0669. The van der Waals surface area contributed by atoms with E-state index in [0.717, 1.165) is 24.3 Å². The number of aromatic nitrogens is 2. The summed E-state index contributed by atoms with van der Waals surface area (Å²) >= 11 is 1.67. The summed E-state index contributed by atoms with van der Waals surface area (Å²) in [4.78, 5) is 18.7. The van der Waals surface area contributed by atoms with E-state index in [9.17, 15) is 4.79 Å². The maximum Gasteiger partial charge on any atom is 0.293 e. The van der Waals surface area contributed by atoms with Crippen molar-refractivity contribution in [3.63, 3.8) is 0 Å². The quantitative estimate of drug-likeness (QED) is 0.906. The molecule has 3 heterocycles. The van der Waals surface area contributed by atoms with Gasteiger partial charge in [0.25, 0.3) is 11.7 Å². The Kier molecular flexibility index (Phi) is 4.03. The molecule has 1 fully saturated rings. The molecule has 2 N–H and O–H groups in total. The number of thiophene rings is 1. The SMILES string of the molecule is Cc1ccc(C(C)NC(=O)c2noc(C3CCCN3)n2)s1. The number of rotatable bonds is 4. The summed E-state index contributed by atoms with van der Waals surface area (Å²) in [7, 11) is 0. The predicted molar refractivity (Wildman–Crippen MR) is 79.2 cm³/mol. The first-order valence-corrected chi connectivity index (χ1v) is 7.89.